The van der Waals surface area contributed by atoms with Gasteiger partial charge in [-0.3, -0.25) is 75.1 Å². The van der Waals surface area contributed by atoms with Gasteiger partial charge in [0.25, 0.3) is 17.7 Å². The van der Waals surface area contributed by atoms with E-state index in [1.165, 1.54) is 14.0 Å². The molecule has 47 heavy (non-hydrogen) atoms. The highest BCUT2D eigenvalue weighted by molar-refractivity contribution is 5.98. The molecule has 0 spiro atoms. The molecular formula is C22H41N15O10. The number of carbonyl (C=O) groups is 10. The Morgan fingerprint density at radius 2 is 0.723 bits per heavy atom. The summed E-state index contributed by atoms with van der Waals surface area (Å²) in [7, 11) is 1.26. The van der Waals surface area contributed by atoms with Crippen molar-refractivity contribution in [3.05, 3.63) is 0 Å². The molecule has 0 saturated heterocycles. The number of hydrazine groups is 5. The number of amides is 10. The zero-order valence-corrected chi connectivity index (χ0v) is 25.4. The van der Waals surface area contributed by atoms with E-state index in [2.05, 4.69) is 26.6 Å². The van der Waals surface area contributed by atoms with Gasteiger partial charge >= 0.3 is 0 Å². The molecule has 0 saturated carbocycles. The van der Waals surface area contributed by atoms with Gasteiger partial charge in [0.2, 0.25) is 41.4 Å². The smallest absolute Gasteiger partial charge is 0.256 e. The van der Waals surface area contributed by atoms with Gasteiger partial charge in [0.15, 0.2) is 0 Å². The summed E-state index contributed by atoms with van der Waals surface area (Å²) in [6, 6.07) is -6.63. The van der Waals surface area contributed by atoms with Crippen molar-refractivity contribution >= 4 is 59.1 Å². The van der Waals surface area contributed by atoms with E-state index in [-0.39, 0.29) is 6.42 Å². The molecule has 25 nitrogen and oxygen atoms in total. The first kappa shape index (κ1) is 41.5. The van der Waals surface area contributed by atoms with Gasteiger partial charge in [0.1, 0.15) is 24.2 Å². The Morgan fingerprint density at radius 3 is 1.11 bits per heavy atom. The number of nitrogens with two attached hydrogens (primary N) is 5. The summed E-state index contributed by atoms with van der Waals surface area (Å²) in [6.45, 7) is 1.34. The van der Waals surface area contributed by atoms with Crippen LogP contribution in [0.5, 0.6) is 0 Å². The van der Waals surface area contributed by atoms with Crippen molar-refractivity contribution in [2.24, 2.45) is 35.1 Å². The Morgan fingerprint density at radius 1 is 0.404 bits per heavy atom. The minimum Gasteiger partial charge on any atom is -0.359 e. The van der Waals surface area contributed by atoms with Gasteiger partial charge < -0.3 is 26.6 Å². The highest BCUT2D eigenvalue weighted by Crippen LogP contribution is 2.05. The first-order valence-corrected chi connectivity index (χ1v) is 13.5. The number of rotatable bonds is 19. The minimum absolute atomic E-state index is 0.361. The number of hydrogen-bond acceptors (Lipinski definition) is 15. The Bertz CT molecular complexity index is 1200. The molecule has 0 aliphatic carbocycles. The maximum Gasteiger partial charge on any atom is 0.256 e. The summed E-state index contributed by atoms with van der Waals surface area (Å²) in [6.07, 6.45) is -3.45. The van der Waals surface area contributed by atoms with E-state index in [1.807, 2.05) is 5.43 Å². The van der Waals surface area contributed by atoms with E-state index in [0.29, 0.717) is 0 Å². The third-order valence-corrected chi connectivity index (χ3v) is 6.09. The normalized spacial score (nSPS) is 13.4. The zero-order valence-electron chi connectivity index (χ0n) is 25.4. The van der Waals surface area contributed by atoms with Crippen molar-refractivity contribution in [3.63, 3.8) is 0 Å². The predicted molar refractivity (Wildman–Crippen MR) is 156 cm³/mol. The van der Waals surface area contributed by atoms with Crippen molar-refractivity contribution in [2.45, 2.75) is 63.2 Å². The van der Waals surface area contributed by atoms with E-state index in [1.54, 1.807) is 21.7 Å². The fourth-order valence-electron chi connectivity index (χ4n) is 3.56. The maximum absolute atomic E-state index is 12.9. The van der Waals surface area contributed by atoms with Crippen LogP contribution < -0.4 is 82.9 Å². The molecular weight excluding hydrogens is 634 g/mol. The number of nitrogens with one attached hydrogen (secondary N) is 10. The number of hydrogen-bond donors (Lipinski definition) is 15. The van der Waals surface area contributed by atoms with Crippen LogP contribution >= 0.6 is 0 Å². The van der Waals surface area contributed by atoms with E-state index in [9.17, 15) is 47.9 Å². The van der Waals surface area contributed by atoms with E-state index >= 15 is 0 Å². The minimum atomic E-state index is -1.74. The number of carbonyl (C=O) groups excluding carboxylic acids is 10. The van der Waals surface area contributed by atoms with Crippen molar-refractivity contribution in [1.82, 2.24) is 53.7 Å². The molecule has 0 bridgehead atoms. The van der Waals surface area contributed by atoms with Gasteiger partial charge in [0, 0.05) is 19.4 Å². The molecule has 25 heteroatoms. The summed E-state index contributed by atoms with van der Waals surface area (Å²) >= 11 is 0. The lowest BCUT2D eigenvalue weighted by Crippen LogP contribution is -2.58. The van der Waals surface area contributed by atoms with Crippen LogP contribution in [0.1, 0.15) is 39.0 Å². The van der Waals surface area contributed by atoms with Gasteiger partial charge in [0.05, 0.1) is 25.7 Å². The average Bonchev–Trinajstić information content (AvgIpc) is 3.05. The molecule has 10 amide bonds. The topological polar surface area (TPSA) is 421 Å². The monoisotopic (exact) mass is 675 g/mol. The third-order valence-electron chi connectivity index (χ3n) is 6.09. The highest BCUT2D eigenvalue weighted by atomic mass is 16.2. The molecule has 264 valence electrons. The molecule has 0 radical (unpaired) electrons. The van der Waals surface area contributed by atoms with Gasteiger partial charge in [-0.05, 0) is 0 Å². The van der Waals surface area contributed by atoms with Gasteiger partial charge in [-0.2, -0.15) is 0 Å². The van der Waals surface area contributed by atoms with Crippen LogP contribution in [-0.2, 0) is 47.9 Å². The summed E-state index contributed by atoms with van der Waals surface area (Å²) in [5, 5.41) is 10.9. The lowest BCUT2D eigenvalue weighted by Gasteiger charge is -2.23. The van der Waals surface area contributed by atoms with Crippen LogP contribution in [0, 0.1) is 5.92 Å². The molecule has 5 atom stereocenters. The molecule has 0 aliphatic rings. The molecule has 0 heterocycles. The van der Waals surface area contributed by atoms with Crippen LogP contribution in [0.2, 0.25) is 0 Å². The zero-order chi connectivity index (χ0) is 36.3. The molecule has 0 aromatic rings. The van der Waals surface area contributed by atoms with Crippen LogP contribution in [-0.4, -0.2) is 90.3 Å². The predicted octanol–water partition coefficient (Wildman–Crippen LogP) is -9.79. The molecule has 0 aromatic carbocycles. The van der Waals surface area contributed by atoms with Crippen molar-refractivity contribution in [2.75, 3.05) is 7.05 Å². The van der Waals surface area contributed by atoms with Crippen LogP contribution in [0.25, 0.3) is 0 Å². The van der Waals surface area contributed by atoms with E-state index in [4.69, 9.17) is 29.2 Å². The Hall–Kier alpha value is -5.50. The van der Waals surface area contributed by atoms with Crippen molar-refractivity contribution in [3.8, 4) is 0 Å². The summed E-state index contributed by atoms with van der Waals surface area (Å²) in [5.41, 5.74) is 8.79. The fourth-order valence-corrected chi connectivity index (χ4v) is 3.56. The van der Waals surface area contributed by atoms with Crippen LogP contribution in [0.3, 0.4) is 0 Å². The summed E-state index contributed by atoms with van der Waals surface area (Å²) < 4.78 is 0. The van der Waals surface area contributed by atoms with Crippen molar-refractivity contribution < 1.29 is 47.9 Å². The summed E-state index contributed by atoms with van der Waals surface area (Å²) in [4.78, 5) is 123. The molecule has 0 aliphatic heterocycles. The second-order valence-electron chi connectivity index (χ2n) is 9.62. The second-order valence-corrected chi connectivity index (χ2v) is 9.62. The molecule has 0 fully saturated rings. The average molecular weight is 676 g/mol. The largest absolute Gasteiger partial charge is 0.359 e. The molecule has 20 N–H and O–H groups in total. The first-order chi connectivity index (χ1) is 22.1. The van der Waals surface area contributed by atoms with Crippen molar-refractivity contribution in [1.29, 1.82) is 0 Å². The Kier molecular flexibility index (Phi) is 18.8. The van der Waals surface area contributed by atoms with Crippen LogP contribution in [0.4, 0.5) is 0 Å². The van der Waals surface area contributed by atoms with Gasteiger partial charge in [-0.25, -0.2) is 29.2 Å². The Labute approximate surface area is 266 Å². The lowest BCUT2D eigenvalue weighted by atomic mass is 10.0. The van der Waals surface area contributed by atoms with E-state index in [0.717, 1.165) is 0 Å². The maximum atomic E-state index is 12.9. The van der Waals surface area contributed by atoms with Gasteiger partial charge in [-0.1, -0.05) is 6.92 Å². The fraction of sp³-hybridized carbons (Fsp3) is 0.545. The molecule has 0 aromatic heterocycles. The third kappa shape index (κ3) is 15.4. The second kappa shape index (κ2) is 21.3. The van der Waals surface area contributed by atoms with Gasteiger partial charge in [-0.15, -0.1) is 0 Å². The lowest BCUT2D eigenvalue weighted by molar-refractivity contribution is -0.136. The van der Waals surface area contributed by atoms with E-state index < -0.39 is 115 Å². The summed E-state index contributed by atoms with van der Waals surface area (Å²) in [5.74, 6) is 14.8. The molecule has 5 unspecified atom stereocenters. The quantitative estimate of drug-likeness (QED) is 0.0343. The highest BCUT2D eigenvalue weighted by Gasteiger charge is 2.32. The first-order valence-electron chi connectivity index (χ1n) is 13.5. The molecule has 0 rings (SSSR count). The standard InChI is InChI=1S/C22H41N15O10/c1-8(3-16(41)33-23)18(43)31-12(22(47)37-27)6-15(40)30-10(20(45)35-25)5-14(39)29-9(7-17(42)34-24)19(44)32-11(21(46)36-26)4-13(38)28-2/h8-12H,3-7,23-27H2,1-2H3,(H,28,38)(H,29,39)(H,30,40)(H,31,43)(H,32,44)(H,33,41)(H,34,42)(H,35,45)(H,36,46)(H,37,47). The SMILES string of the molecule is CNC(=O)CC(NC(=O)C(CC(=O)NN)NC(=O)CC(NC(=O)CC(NC(=O)C(C)CC(=O)NN)C(=O)NN)C(=O)NN)C(=O)NN. The van der Waals surface area contributed by atoms with Crippen LogP contribution in [0.15, 0.2) is 0 Å². The Balaban J connectivity index is 5.82.